The molecule has 5 heteroatoms. The summed E-state index contributed by atoms with van der Waals surface area (Å²) in [6.07, 6.45) is 1.02. The van der Waals surface area contributed by atoms with Crippen LogP contribution in [-0.2, 0) is 11.3 Å². The number of aryl methyl sites for hydroxylation is 2. The van der Waals surface area contributed by atoms with Crippen LogP contribution >= 0.6 is 11.3 Å². The summed E-state index contributed by atoms with van der Waals surface area (Å²) in [5, 5.41) is 0.992. The molecule has 0 aliphatic rings. The maximum Gasteiger partial charge on any atom is 0.158 e. The van der Waals surface area contributed by atoms with E-state index >= 15 is 0 Å². The predicted molar refractivity (Wildman–Crippen MR) is 85.0 cm³/mol. The monoisotopic (exact) mass is 293 g/mol. The van der Waals surface area contributed by atoms with Crippen molar-refractivity contribution in [3.63, 3.8) is 0 Å². The first-order chi connectivity index (χ1) is 9.28. The lowest BCUT2D eigenvalue weighted by Crippen LogP contribution is -2.10. The zero-order valence-electron chi connectivity index (χ0n) is 12.9. The van der Waals surface area contributed by atoms with Gasteiger partial charge in [-0.1, -0.05) is 20.8 Å². The van der Waals surface area contributed by atoms with Crippen LogP contribution in [0.1, 0.15) is 43.5 Å². The topological polar surface area (TPSA) is 61.0 Å². The number of rotatable bonds is 4. The molecule has 0 unspecified atom stereocenters. The molecule has 0 saturated heterocycles. The molecule has 0 atom stereocenters. The zero-order chi connectivity index (χ0) is 14.9. The van der Waals surface area contributed by atoms with Gasteiger partial charge >= 0.3 is 0 Å². The van der Waals surface area contributed by atoms with E-state index in [1.54, 1.807) is 11.3 Å². The number of nitrogen functional groups attached to an aromatic ring is 1. The van der Waals surface area contributed by atoms with Crippen molar-refractivity contribution in [3.8, 4) is 0 Å². The molecule has 0 spiro atoms. The van der Waals surface area contributed by atoms with Crippen molar-refractivity contribution < 1.29 is 4.74 Å². The summed E-state index contributed by atoms with van der Waals surface area (Å²) in [5.74, 6) is 1.23. The quantitative estimate of drug-likeness (QED) is 0.870. The molecule has 2 aromatic heterocycles. The lowest BCUT2D eigenvalue weighted by atomic mass is 9.93. The molecule has 0 aromatic carbocycles. The Morgan fingerprint density at radius 2 is 1.90 bits per heavy atom. The highest BCUT2D eigenvalue weighted by atomic mass is 32.1. The molecule has 0 fully saturated rings. The highest BCUT2D eigenvalue weighted by molar-refractivity contribution is 7.18. The van der Waals surface area contributed by atoms with Crippen molar-refractivity contribution in [1.82, 2.24) is 9.97 Å². The van der Waals surface area contributed by atoms with Crippen LogP contribution in [0.4, 0.5) is 5.82 Å². The smallest absolute Gasteiger partial charge is 0.158 e. The first kappa shape index (κ1) is 15.2. The Labute approximate surface area is 124 Å². The van der Waals surface area contributed by atoms with E-state index in [1.165, 1.54) is 10.4 Å². The predicted octanol–water partition coefficient (Wildman–Crippen LogP) is 3.84. The lowest BCUT2D eigenvalue weighted by Gasteiger charge is -2.17. The summed E-state index contributed by atoms with van der Waals surface area (Å²) in [6.45, 7) is 11.9. The summed E-state index contributed by atoms with van der Waals surface area (Å²) in [5.41, 5.74) is 7.51. The fourth-order valence-corrected chi connectivity index (χ4v) is 2.99. The second kappa shape index (κ2) is 5.66. The van der Waals surface area contributed by atoms with Crippen LogP contribution in [-0.4, -0.2) is 16.6 Å². The second-order valence-electron chi connectivity index (χ2n) is 6.35. The Bertz CT molecular complexity index is 614. The van der Waals surface area contributed by atoms with E-state index in [1.807, 2.05) is 0 Å². The number of hydrogen-bond acceptors (Lipinski definition) is 5. The molecule has 0 aliphatic carbocycles. The molecule has 0 bridgehead atoms. The van der Waals surface area contributed by atoms with E-state index in [-0.39, 0.29) is 5.41 Å². The fraction of sp³-hybridized carbons (Fsp3) is 0.600. The number of hydrogen-bond donors (Lipinski definition) is 1. The minimum absolute atomic E-state index is 0.284. The van der Waals surface area contributed by atoms with Gasteiger partial charge in [0.05, 0.1) is 5.39 Å². The third kappa shape index (κ3) is 3.46. The zero-order valence-corrected chi connectivity index (χ0v) is 13.7. The van der Waals surface area contributed by atoms with Gasteiger partial charge in [-0.2, -0.15) is 0 Å². The van der Waals surface area contributed by atoms with Crippen molar-refractivity contribution in [2.75, 3.05) is 12.3 Å². The van der Waals surface area contributed by atoms with Crippen LogP contribution in [0.2, 0.25) is 0 Å². The minimum Gasteiger partial charge on any atom is -0.383 e. The largest absolute Gasteiger partial charge is 0.383 e. The molecule has 0 aliphatic heterocycles. The number of nitrogens with zero attached hydrogens (tertiary/aromatic N) is 2. The van der Waals surface area contributed by atoms with Crippen molar-refractivity contribution in [3.05, 3.63) is 16.3 Å². The third-order valence-corrected chi connectivity index (χ3v) is 4.43. The lowest BCUT2D eigenvalue weighted by molar-refractivity contribution is 0.0920. The van der Waals surface area contributed by atoms with E-state index in [9.17, 15) is 0 Å². The standard InChI is InChI=1S/C15H23N3OS/c1-9-10(2)20-14-12(9)13(16)17-11(18-14)8-19-7-6-15(3,4)5/h6-8H2,1-5H3,(H2,16,17,18). The summed E-state index contributed by atoms with van der Waals surface area (Å²) in [6, 6.07) is 0. The minimum atomic E-state index is 0.284. The molecule has 2 heterocycles. The van der Waals surface area contributed by atoms with E-state index in [0.29, 0.717) is 24.9 Å². The van der Waals surface area contributed by atoms with Crippen LogP contribution in [0.25, 0.3) is 10.2 Å². The Kier molecular flexibility index (Phi) is 4.30. The summed E-state index contributed by atoms with van der Waals surface area (Å²) in [4.78, 5) is 11.1. The Balaban J connectivity index is 2.08. The average Bonchev–Trinajstić information content (AvgIpc) is 2.60. The van der Waals surface area contributed by atoms with Gasteiger partial charge in [0.25, 0.3) is 0 Å². The Hall–Kier alpha value is -1.20. The molecular formula is C15H23N3OS. The molecule has 0 radical (unpaired) electrons. The first-order valence-corrected chi connectivity index (χ1v) is 7.69. The van der Waals surface area contributed by atoms with Gasteiger partial charge < -0.3 is 10.5 Å². The van der Waals surface area contributed by atoms with Gasteiger partial charge in [0.1, 0.15) is 17.3 Å². The van der Waals surface area contributed by atoms with Gasteiger partial charge in [-0.15, -0.1) is 11.3 Å². The number of aromatic nitrogens is 2. The molecule has 2 aromatic rings. The van der Waals surface area contributed by atoms with E-state index in [4.69, 9.17) is 10.5 Å². The highest BCUT2D eigenvalue weighted by Gasteiger charge is 2.13. The van der Waals surface area contributed by atoms with Gasteiger partial charge in [-0.3, -0.25) is 0 Å². The van der Waals surface area contributed by atoms with Crippen molar-refractivity contribution in [2.24, 2.45) is 5.41 Å². The second-order valence-corrected chi connectivity index (χ2v) is 7.55. The molecule has 2 N–H and O–H groups in total. The molecule has 110 valence electrons. The summed E-state index contributed by atoms with van der Waals surface area (Å²) in [7, 11) is 0. The van der Waals surface area contributed by atoms with Gasteiger partial charge in [0, 0.05) is 11.5 Å². The van der Waals surface area contributed by atoms with E-state index < -0.39 is 0 Å². The summed E-state index contributed by atoms with van der Waals surface area (Å²) >= 11 is 1.66. The molecule has 4 nitrogen and oxygen atoms in total. The van der Waals surface area contributed by atoms with E-state index in [2.05, 4.69) is 44.6 Å². The molecule has 0 saturated carbocycles. The number of ether oxygens (including phenoxy) is 1. The maximum absolute atomic E-state index is 6.04. The SMILES string of the molecule is Cc1sc2nc(COCCC(C)(C)C)nc(N)c2c1C. The van der Waals surface area contributed by atoms with Crippen molar-refractivity contribution in [2.45, 2.75) is 47.6 Å². The van der Waals surface area contributed by atoms with Crippen molar-refractivity contribution in [1.29, 1.82) is 0 Å². The van der Waals surface area contributed by atoms with Crippen LogP contribution in [0, 0.1) is 19.3 Å². The van der Waals surface area contributed by atoms with Gasteiger partial charge in [-0.25, -0.2) is 9.97 Å². The number of anilines is 1. The molecular weight excluding hydrogens is 270 g/mol. The fourth-order valence-electron chi connectivity index (χ4n) is 1.93. The van der Waals surface area contributed by atoms with Crippen LogP contribution < -0.4 is 5.73 Å². The number of thiophene rings is 1. The van der Waals surface area contributed by atoms with Crippen LogP contribution in [0.3, 0.4) is 0 Å². The van der Waals surface area contributed by atoms with Crippen LogP contribution in [0.15, 0.2) is 0 Å². The Morgan fingerprint density at radius 3 is 2.55 bits per heavy atom. The summed E-state index contributed by atoms with van der Waals surface area (Å²) < 4.78 is 5.66. The van der Waals surface area contributed by atoms with Gasteiger partial charge in [0.2, 0.25) is 0 Å². The van der Waals surface area contributed by atoms with Crippen molar-refractivity contribution >= 4 is 27.4 Å². The molecule has 0 amide bonds. The maximum atomic E-state index is 6.04. The average molecular weight is 293 g/mol. The molecule has 2 rings (SSSR count). The van der Waals surface area contributed by atoms with Crippen LogP contribution in [0.5, 0.6) is 0 Å². The molecule has 20 heavy (non-hydrogen) atoms. The number of fused-ring (bicyclic) bond motifs is 1. The Morgan fingerprint density at radius 1 is 1.20 bits per heavy atom. The number of nitrogens with two attached hydrogens (primary N) is 1. The first-order valence-electron chi connectivity index (χ1n) is 6.88. The van der Waals surface area contributed by atoms with Gasteiger partial charge in [0.15, 0.2) is 5.82 Å². The van der Waals surface area contributed by atoms with E-state index in [0.717, 1.165) is 16.6 Å². The normalized spacial score (nSPS) is 12.2. The van der Waals surface area contributed by atoms with Gasteiger partial charge in [-0.05, 0) is 31.2 Å². The highest BCUT2D eigenvalue weighted by Crippen LogP contribution is 2.31. The third-order valence-electron chi connectivity index (χ3n) is 3.33.